The molecule has 12 bridgehead atoms. The fraction of sp³-hybridized carbons (Fsp3) is 0.787. The second kappa shape index (κ2) is 15.8. The van der Waals surface area contributed by atoms with Crippen molar-refractivity contribution in [3.05, 3.63) is 38.0 Å². The average Bonchev–Trinajstić information content (AvgIpc) is 3.15. The van der Waals surface area contributed by atoms with Crippen molar-refractivity contribution in [1.82, 2.24) is 0 Å². The predicted octanol–water partition coefficient (Wildman–Crippen LogP) is 9.36. The summed E-state index contributed by atoms with van der Waals surface area (Å²) in [7, 11) is 0. The summed E-state index contributed by atoms with van der Waals surface area (Å²) in [5, 5.41) is 0. The van der Waals surface area contributed by atoms with Crippen LogP contribution in [0.1, 0.15) is 130 Å². The van der Waals surface area contributed by atoms with Gasteiger partial charge in [0.1, 0.15) is 16.8 Å². The molecule has 12 rings (SSSR count). The van der Waals surface area contributed by atoms with E-state index in [1.165, 1.54) is 108 Å². The molecule has 0 saturated heterocycles. The summed E-state index contributed by atoms with van der Waals surface area (Å²) in [6.07, 6.45) is 23.9. The molecule has 304 valence electrons. The van der Waals surface area contributed by atoms with Gasteiger partial charge in [0.15, 0.2) is 6.61 Å². The van der Waals surface area contributed by atoms with Crippen LogP contribution in [0.15, 0.2) is 38.0 Å². The van der Waals surface area contributed by atoms with Gasteiger partial charge in [-0.15, -0.1) is 0 Å². The summed E-state index contributed by atoms with van der Waals surface area (Å²) in [4.78, 5) is 46.3. The maximum Gasteiger partial charge on any atom is 0.344 e. The standard InChI is InChI=1S/C16H22O4.C16H24O2.C15H22O2/c1-3-14(17)19-9-15(18)20-16(2)12-5-10-4-11(7-12)8-13(16)6-10;1-4-15(17)18-16(10(2)3)13-6-11-5-12(8-13)9-14(16)7-11;1-3-14(16)17-15(4-2)12-6-10-5-11(8-12)9-13(15)7-10/h3,10-13H,1,4-9H2,2H3;4,10-14H,1,5-9H2,2-3H3;3,10-13H,1,4-9H2,2H3. The Balaban J connectivity index is 0.000000127. The third kappa shape index (κ3) is 7.51. The van der Waals surface area contributed by atoms with Crippen LogP contribution in [-0.4, -0.2) is 47.3 Å². The molecule has 8 heteroatoms. The Labute approximate surface area is 330 Å². The van der Waals surface area contributed by atoms with Gasteiger partial charge in [-0.1, -0.05) is 40.5 Å². The number of esters is 4. The highest BCUT2D eigenvalue weighted by Gasteiger charge is 2.61. The van der Waals surface area contributed by atoms with Gasteiger partial charge >= 0.3 is 23.9 Å². The highest BCUT2D eigenvalue weighted by atomic mass is 16.6. The zero-order valence-corrected chi connectivity index (χ0v) is 34.1. The smallest absolute Gasteiger partial charge is 0.344 e. The van der Waals surface area contributed by atoms with E-state index in [-0.39, 0.29) is 35.3 Å². The van der Waals surface area contributed by atoms with Gasteiger partial charge in [-0.05, 0) is 187 Å². The molecule has 0 amide bonds. The van der Waals surface area contributed by atoms with Crippen molar-refractivity contribution in [2.24, 2.45) is 76.9 Å². The van der Waals surface area contributed by atoms with E-state index in [1.54, 1.807) is 0 Å². The zero-order valence-electron chi connectivity index (χ0n) is 34.1. The van der Waals surface area contributed by atoms with E-state index >= 15 is 0 Å². The van der Waals surface area contributed by atoms with Crippen LogP contribution in [0, 0.1) is 76.9 Å². The molecule has 12 fully saturated rings. The summed E-state index contributed by atoms with van der Waals surface area (Å²) < 4.78 is 22.3. The minimum atomic E-state index is -0.586. The first-order chi connectivity index (χ1) is 26.2. The molecule has 0 spiro atoms. The number of rotatable bonds is 10. The lowest BCUT2D eigenvalue weighted by Gasteiger charge is -2.61. The van der Waals surface area contributed by atoms with Crippen LogP contribution in [0.25, 0.3) is 0 Å². The normalized spacial score (nSPS) is 44.3. The molecule has 0 aromatic heterocycles. The summed E-state index contributed by atoms with van der Waals surface area (Å²) >= 11 is 0. The molecule has 12 aliphatic carbocycles. The maximum absolute atomic E-state index is 11.9. The summed E-state index contributed by atoms with van der Waals surface area (Å²) in [6, 6.07) is 0. The van der Waals surface area contributed by atoms with E-state index in [1.807, 2.05) is 0 Å². The molecular formula is C47H68O8. The van der Waals surface area contributed by atoms with Crippen molar-refractivity contribution < 1.29 is 38.1 Å². The van der Waals surface area contributed by atoms with E-state index in [0.29, 0.717) is 41.4 Å². The number of carbonyl (C=O) groups is 4. The van der Waals surface area contributed by atoms with Gasteiger partial charge in [-0.2, -0.15) is 0 Å². The van der Waals surface area contributed by atoms with Gasteiger partial charge in [0, 0.05) is 18.2 Å². The highest BCUT2D eigenvalue weighted by Crippen LogP contribution is 2.63. The minimum absolute atomic E-state index is 0.154. The van der Waals surface area contributed by atoms with Gasteiger partial charge in [0.2, 0.25) is 0 Å². The van der Waals surface area contributed by atoms with Crippen molar-refractivity contribution in [1.29, 1.82) is 0 Å². The topological polar surface area (TPSA) is 105 Å². The minimum Gasteiger partial charge on any atom is -0.456 e. The SMILES string of the molecule is C=CC(=O)OC1(C(C)C)C2CC3CC(C2)CC1C3.C=CC(=O)OC1(CC)C2CC3CC(C2)CC1C3.C=CC(=O)OCC(=O)OC1(C)C2CC3CC(C2)CC1C3. The van der Waals surface area contributed by atoms with Crippen LogP contribution < -0.4 is 0 Å². The Kier molecular flexibility index (Phi) is 11.6. The summed E-state index contributed by atoms with van der Waals surface area (Å²) in [6.45, 7) is 18.8. The molecule has 0 aliphatic heterocycles. The summed E-state index contributed by atoms with van der Waals surface area (Å²) in [5.41, 5.74) is -0.706. The van der Waals surface area contributed by atoms with Crippen LogP contribution >= 0.6 is 0 Å². The van der Waals surface area contributed by atoms with Crippen LogP contribution in [0.4, 0.5) is 0 Å². The molecule has 12 aliphatic rings. The van der Waals surface area contributed by atoms with Gasteiger partial charge in [-0.3, -0.25) is 0 Å². The first-order valence-corrected chi connectivity index (χ1v) is 22.0. The van der Waals surface area contributed by atoms with Crippen LogP contribution in [0.5, 0.6) is 0 Å². The quantitative estimate of drug-likeness (QED) is 0.123. The molecule has 8 nitrogen and oxygen atoms in total. The van der Waals surface area contributed by atoms with Crippen molar-refractivity contribution in [3.8, 4) is 0 Å². The number of hydrogen-bond donors (Lipinski definition) is 0. The molecule has 0 atom stereocenters. The van der Waals surface area contributed by atoms with Gasteiger partial charge in [-0.25, -0.2) is 19.2 Å². The first-order valence-electron chi connectivity index (χ1n) is 22.0. The van der Waals surface area contributed by atoms with Crippen LogP contribution in [0.2, 0.25) is 0 Å². The molecule has 0 radical (unpaired) electrons. The highest BCUT2D eigenvalue weighted by molar-refractivity contribution is 5.84. The Morgan fingerprint density at radius 2 is 0.909 bits per heavy atom. The third-order valence-electron chi connectivity index (χ3n) is 16.9. The van der Waals surface area contributed by atoms with Crippen molar-refractivity contribution in [3.63, 3.8) is 0 Å². The van der Waals surface area contributed by atoms with Crippen molar-refractivity contribution >= 4 is 23.9 Å². The predicted molar refractivity (Wildman–Crippen MR) is 210 cm³/mol. The Bertz CT molecular complexity index is 1420. The van der Waals surface area contributed by atoms with E-state index in [9.17, 15) is 19.2 Å². The lowest BCUT2D eigenvalue weighted by molar-refractivity contribution is -0.220. The zero-order chi connectivity index (χ0) is 39.3. The molecule has 0 N–H and O–H groups in total. The van der Waals surface area contributed by atoms with Gasteiger partial charge in [0.05, 0.1) is 0 Å². The number of carbonyl (C=O) groups excluding carboxylic acids is 4. The Morgan fingerprint density at radius 3 is 1.27 bits per heavy atom. The molecule has 0 aromatic carbocycles. The molecule has 0 heterocycles. The van der Waals surface area contributed by atoms with Crippen molar-refractivity contribution in [2.45, 2.75) is 147 Å². The first kappa shape index (κ1) is 40.3. The molecule has 0 unspecified atom stereocenters. The average molecular weight is 761 g/mol. The van der Waals surface area contributed by atoms with E-state index in [0.717, 1.165) is 48.0 Å². The fourth-order valence-electron chi connectivity index (χ4n) is 15.1. The number of ether oxygens (including phenoxy) is 4. The number of hydrogen-bond acceptors (Lipinski definition) is 8. The molecule has 12 saturated carbocycles. The van der Waals surface area contributed by atoms with Crippen molar-refractivity contribution in [2.75, 3.05) is 6.61 Å². The third-order valence-corrected chi connectivity index (χ3v) is 16.9. The Hall–Kier alpha value is -2.90. The second-order valence-corrected chi connectivity index (χ2v) is 20.0. The van der Waals surface area contributed by atoms with E-state index in [4.69, 9.17) is 18.9 Å². The van der Waals surface area contributed by atoms with Crippen LogP contribution in [-0.2, 0) is 38.1 Å². The van der Waals surface area contributed by atoms with Gasteiger partial charge in [0.25, 0.3) is 0 Å². The summed E-state index contributed by atoms with van der Waals surface area (Å²) in [5.74, 6) is 7.65. The lowest BCUT2D eigenvalue weighted by atomic mass is 9.47. The maximum atomic E-state index is 11.9. The largest absolute Gasteiger partial charge is 0.456 e. The molecule has 0 aromatic rings. The van der Waals surface area contributed by atoms with E-state index < -0.39 is 11.9 Å². The molecular weight excluding hydrogens is 693 g/mol. The lowest BCUT2D eigenvalue weighted by Crippen LogP contribution is -2.62. The van der Waals surface area contributed by atoms with E-state index in [2.05, 4.69) is 47.4 Å². The molecule has 55 heavy (non-hydrogen) atoms. The fourth-order valence-corrected chi connectivity index (χ4v) is 15.1. The Morgan fingerprint density at radius 1 is 0.545 bits per heavy atom. The van der Waals surface area contributed by atoms with Crippen LogP contribution in [0.3, 0.4) is 0 Å². The van der Waals surface area contributed by atoms with Gasteiger partial charge < -0.3 is 18.9 Å². The monoisotopic (exact) mass is 760 g/mol. The second-order valence-electron chi connectivity index (χ2n) is 20.0.